The Morgan fingerprint density at radius 1 is 1.15 bits per heavy atom. The lowest BCUT2D eigenvalue weighted by Gasteiger charge is -2.40. The lowest BCUT2D eigenvalue weighted by atomic mass is 9.79. The highest BCUT2D eigenvalue weighted by molar-refractivity contribution is 5.87. The molecule has 112 valence electrons. The summed E-state index contributed by atoms with van der Waals surface area (Å²) in [7, 11) is 0. The first-order chi connectivity index (χ1) is 9.39. The SMILES string of the molecule is O=C(O)C1CC2CCCCC2N1C(=O)C1CC(F)(F)C1. The van der Waals surface area contributed by atoms with E-state index in [4.69, 9.17) is 0 Å². The summed E-state index contributed by atoms with van der Waals surface area (Å²) in [5.74, 6) is -4.57. The molecule has 0 aromatic carbocycles. The third-order valence-corrected chi connectivity index (χ3v) is 5.07. The van der Waals surface area contributed by atoms with Crippen LogP contribution in [0.2, 0.25) is 0 Å². The van der Waals surface area contributed by atoms with E-state index >= 15 is 0 Å². The number of hydrogen-bond acceptors (Lipinski definition) is 2. The third kappa shape index (κ3) is 2.19. The van der Waals surface area contributed by atoms with E-state index < -0.39 is 36.7 Å². The summed E-state index contributed by atoms with van der Waals surface area (Å²) in [6.45, 7) is 0. The average Bonchev–Trinajstić information content (AvgIpc) is 2.74. The van der Waals surface area contributed by atoms with Gasteiger partial charge in [-0.1, -0.05) is 12.8 Å². The minimum absolute atomic E-state index is 0.0495. The maximum atomic E-state index is 12.9. The number of alkyl halides is 2. The molecular formula is C14H19F2NO3. The predicted molar refractivity (Wildman–Crippen MR) is 66.3 cm³/mol. The average molecular weight is 287 g/mol. The van der Waals surface area contributed by atoms with Gasteiger partial charge in [-0.3, -0.25) is 4.79 Å². The zero-order valence-electron chi connectivity index (χ0n) is 11.2. The maximum absolute atomic E-state index is 12.9. The topological polar surface area (TPSA) is 57.6 Å². The van der Waals surface area contributed by atoms with Gasteiger partial charge in [0.05, 0.1) is 0 Å². The highest BCUT2D eigenvalue weighted by Gasteiger charge is 2.54. The van der Waals surface area contributed by atoms with E-state index in [1.165, 1.54) is 4.90 Å². The zero-order chi connectivity index (χ0) is 14.5. The maximum Gasteiger partial charge on any atom is 0.326 e. The van der Waals surface area contributed by atoms with Crippen LogP contribution in [0.25, 0.3) is 0 Å². The Hall–Kier alpha value is -1.20. The smallest absolute Gasteiger partial charge is 0.326 e. The molecule has 2 saturated carbocycles. The molecule has 20 heavy (non-hydrogen) atoms. The molecule has 0 aromatic rings. The van der Waals surface area contributed by atoms with E-state index in [1.807, 2.05) is 0 Å². The fraction of sp³-hybridized carbons (Fsp3) is 0.857. The number of carboxylic acid groups (broad SMARTS) is 1. The number of carbonyl (C=O) groups is 2. The van der Waals surface area contributed by atoms with E-state index in [-0.39, 0.29) is 17.9 Å². The second kappa shape index (κ2) is 4.67. The van der Waals surface area contributed by atoms with Gasteiger partial charge < -0.3 is 10.0 Å². The molecule has 3 unspecified atom stereocenters. The molecule has 0 aromatic heterocycles. The number of hydrogen-bond donors (Lipinski definition) is 1. The Labute approximate surface area is 116 Å². The highest BCUT2D eigenvalue weighted by Crippen LogP contribution is 2.46. The number of amides is 1. The van der Waals surface area contributed by atoms with Crippen molar-refractivity contribution in [3.8, 4) is 0 Å². The molecule has 0 bridgehead atoms. The summed E-state index contributed by atoms with van der Waals surface area (Å²) in [4.78, 5) is 25.2. The van der Waals surface area contributed by atoms with Crippen molar-refractivity contribution >= 4 is 11.9 Å². The number of aliphatic carboxylic acids is 1. The summed E-state index contributed by atoms with van der Waals surface area (Å²) >= 11 is 0. The van der Waals surface area contributed by atoms with Crippen molar-refractivity contribution < 1.29 is 23.5 Å². The zero-order valence-corrected chi connectivity index (χ0v) is 11.2. The normalized spacial score (nSPS) is 36.3. The van der Waals surface area contributed by atoms with E-state index in [0.29, 0.717) is 6.42 Å². The van der Waals surface area contributed by atoms with Gasteiger partial charge in [-0.25, -0.2) is 13.6 Å². The number of fused-ring (bicyclic) bond motifs is 1. The Morgan fingerprint density at radius 2 is 1.80 bits per heavy atom. The molecule has 1 aliphatic heterocycles. The van der Waals surface area contributed by atoms with Crippen LogP contribution in [0.15, 0.2) is 0 Å². The van der Waals surface area contributed by atoms with Crippen molar-refractivity contribution in [2.75, 3.05) is 0 Å². The van der Waals surface area contributed by atoms with Crippen LogP contribution >= 0.6 is 0 Å². The summed E-state index contributed by atoms with van der Waals surface area (Å²) in [6, 6.07) is -0.864. The summed E-state index contributed by atoms with van der Waals surface area (Å²) < 4.78 is 25.9. The lowest BCUT2D eigenvalue weighted by Crippen LogP contribution is -2.53. The Balaban J connectivity index is 1.77. The van der Waals surface area contributed by atoms with E-state index in [0.717, 1.165) is 25.7 Å². The van der Waals surface area contributed by atoms with Gasteiger partial charge in [0.1, 0.15) is 6.04 Å². The molecule has 1 heterocycles. The highest BCUT2D eigenvalue weighted by atomic mass is 19.3. The van der Waals surface area contributed by atoms with E-state index in [2.05, 4.69) is 0 Å². The number of rotatable bonds is 2. The van der Waals surface area contributed by atoms with Crippen LogP contribution in [0.5, 0.6) is 0 Å². The number of halogens is 2. The number of carbonyl (C=O) groups excluding carboxylic acids is 1. The molecule has 1 amide bonds. The molecule has 3 aliphatic rings. The minimum Gasteiger partial charge on any atom is -0.480 e. The molecule has 4 nitrogen and oxygen atoms in total. The fourth-order valence-corrected chi connectivity index (χ4v) is 4.04. The van der Waals surface area contributed by atoms with Gasteiger partial charge in [0.2, 0.25) is 11.8 Å². The van der Waals surface area contributed by atoms with Gasteiger partial charge in [0, 0.05) is 24.8 Å². The third-order valence-electron chi connectivity index (χ3n) is 5.07. The van der Waals surface area contributed by atoms with Crippen molar-refractivity contribution in [1.82, 2.24) is 4.90 Å². The van der Waals surface area contributed by atoms with E-state index in [1.54, 1.807) is 0 Å². The Kier molecular flexibility index (Phi) is 3.21. The predicted octanol–water partition coefficient (Wildman–Crippen LogP) is 2.28. The molecule has 0 spiro atoms. The molecule has 3 fully saturated rings. The van der Waals surface area contributed by atoms with Crippen LogP contribution in [-0.4, -0.2) is 39.9 Å². The van der Waals surface area contributed by atoms with Gasteiger partial charge in [-0.05, 0) is 25.2 Å². The first-order valence-electron chi connectivity index (χ1n) is 7.32. The quantitative estimate of drug-likeness (QED) is 0.847. The van der Waals surface area contributed by atoms with Crippen molar-refractivity contribution in [2.45, 2.75) is 63.0 Å². The van der Waals surface area contributed by atoms with E-state index in [9.17, 15) is 23.5 Å². The van der Waals surface area contributed by atoms with Crippen molar-refractivity contribution in [1.29, 1.82) is 0 Å². The molecule has 6 heteroatoms. The molecule has 3 rings (SSSR count). The second-order valence-corrected chi connectivity index (χ2v) is 6.41. The summed E-state index contributed by atoms with van der Waals surface area (Å²) in [6.07, 6.45) is 3.43. The van der Waals surface area contributed by atoms with Gasteiger partial charge in [0.15, 0.2) is 0 Å². The van der Waals surface area contributed by atoms with Gasteiger partial charge >= 0.3 is 5.97 Å². The fourth-order valence-electron chi connectivity index (χ4n) is 4.04. The molecule has 1 N–H and O–H groups in total. The Morgan fingerprint density at radius 3 is 2.40 bits per heavy atom. The summed E-state index contributed by atoms with van der Waals surface area (Å²) in [5.41, 5.74) is 0. The van der Waals surface area contributed by atoms with Crippen LogP contribution in [0, 0.1) is 11.8 Å². The molecule has 3 atom stereocenters. The number of carboxylic acids is 1. The van der Waals surface area contributed by atoms with Crippen LogP contribution in [0.1, 0.15) is 44.9 Å². The lowest BCUT2D eigenvalue weighted by molar-refractivity contribution is -0.167. The molecule has 1 saturated heterocycles. The molecule has 0 radical (unpaired) electrons. The minimum atomic E-state index is -2.75. The first kappa shape index (κ1) is 13.8. The molecular weight excluding hydrogens is 268 g/mol. The number of likely N-dealkylation sites (tertiary alicyclic amines) is 1. The monoisotopic (exact) mass is 287 g/mol. The van der Waals surface area contributed by atoms with Crippen molar-refractivity contribution in [3.05, 3.63) is 0 Å². The molecule has 2 aliphatic carbocycles. The van der Waals surface area contributed by atoms with Crippen molar-refractivity contribution in [3.63, 3.8) is 0 Å². The number of nitrogens with zero attached hydrogens (tertiary/aromatic N) is 1. The van der Waals surface area contributed by atoms with Crippen molar-refractivity contribution in [2.24, 2.45) is 11.8 Å². The van der Waals surface area contributed by atoms with Crippen LogP contribution in [0.3, 0.4) is 0 Å². The van der Waals surface area contributed by atoms with Gasteiger partial charge in [-0.2, -0.15) is 0 Å². The van der Waals surface area contributed by atoms with Crippen LogP contribution in [0.4, 0.5) is 8.78 Å². The first-order valence-corrected chi connectivity index (χ1v) is 7.32. The second-order valence-electron chi connectivity index (χ2n) is 6.41. The van der Waals surface area contributed by atoms with Gasteiger partial charge in [-0.15, -0.1) is 0 Å². The van der Waals surface area contributed by atoms with Crippen LogP contribution < -0.4 is 0 Å². The summed E-state index contributed by atoms with van der Waals surface area (Å²) in [5, 5.41) is 9.31. The Bertz CT molecular complexity index is 432. The van der Waals surface area contributed by atoms with Crippen LogP contribution in [-0.2, 0) is 9.59 Å². The standard InChI is InChI=1S/C14H19F2NO3/c15-14(16)6-9(7-14)12(18)17-10-4-2-1-3-8(10)5-11(17)13(19)20/h8-11H,1-7H2,(H,19,20). The van der Waals surface area contributed by atoms with Gasteiger partial charge in [0.25, 0.3) is 0 Å². The largest absolute Gasteiger partial charge is 0.480 e.